The summed E-state index contributed by atoms with van der Waals surface area (Å²) in [4.78, 5) is 63.5. The van der Waals surface area contributed by atoms with Gasteiger partial charge in [0, 0.05) is 11.5 Å². The minimum absolute atomic E-state index is 0. The highest BCUT2D eigenvalue weighted by atomic mass is 35.5. The lowest BCUT2D eigenvalue weighted by Crippen LogP contribution is -2.04. The van der Waals surface area contributed by atoms with Gasteiger partial charge in [-0.25, -0.2) is 19.6 Å². The second kappa shape index (κ2) is 16.4. The molecule has 0 unspecified atom stereocenters. The molecule has 2 heterocycles. The predicted molar refractivity (Wildman–Crippen MR) is 166 cm³/mol. The molecule has 4 aromatic rings. The van der Waals surface area contributed by atoms with Crippen molar-refractivity contribution >= 4 is 92.6 Å². The van der Waals surface area contributed by atoms with Gasteiger partial charge in [0.1, 0.15) is 0 Å². The highest BCUT2D eigenvalue weighted by Gasteiger charge is 2.16. The molecule has 2 N–H and O–H groups in total. The van der Waals surface area contributed by atoms with Gasteiger partial charge >= 0.3 is 11.9 Å². The predicted octanol–water partition coefficient (Wildman–Crippen LogP) is 6.25. The van der Waals surface area contributed by atoms with E-state index in [0.29, 0.717) is 44.7 Å². The molecular weight excluding hydrogens is 611 g/mol. The molecule has 2 aromatic carbocycles. The van der Waals surface area contributed by atoms with Gasteiger partial charge < -0.3 is 19.4 Å². The normalized spacial score (nSPS) is 10.6. The molecule has 4 rings (SSSR count). The van der Waals surface area contributed by atoms with Crippen LogP contribution in [-0.4, -0.2) is 66.8 Å². The van der Waals surface area contributed by atoms with Gasteiger partial charge in [-0.1, -0.05) is 29.9 Å². The van der Waals surface area contributed by atoms with Gasteiger partial charge in [-0.15, -0.1) is 24.8 Å². The fourth-order valence-electron chi connectivity index (χ4n) is 3.74. The number of ether oxygens (including phenoxy) is 2. The molecule has 0 amide bonds. The molecule has 0 bridgehead atoms. The fourth-order valence-corrected chi connectivity index (χ4v) is 5.28. The molecule has 14 heteroatoms. The van der Waals surface area contributed by atoms with E-state index in [1.165, 1.54) is 23.5 Å². The quantitative estimate of drug-likeness (QED) is 0.134. The summed E-state index contributed by atoms with van der Waals surface area (Å²) in [7, 11) is 0. The molecule has 220 valence electrons. The van der Waals surface area contributed by atoms with Crippen molar-refractivity contribution in [2.45, 2.75) is 33.1 Å². The summed E-state index contributed by atoms with van der Waals surface area (Å²) in [6.45, 7) is 4.06. The topological polar surface area (TPSA) is 144 Å². The number of hydrogen-bond donors (Lipinski definition) is 2. The Hall–Kier alpha value is -3.06. The number of nitrogens with zero attached hydrogens (tertiary/aromatic N) is 2. The van der Waals surface area contributed by atoms with E-state index in [-0.39, 0.29) is 59.9 Å². The summed E-state index contributed by atoms with van der Waals surface area (Å²) in [5.74, 6) is 0.926. The summed E-state index contributed by atoms with van der Waals surface area (Å²) in [6.07, 6.45) is 2.51. The van der Waals surface area contributed by atoms with Crippen molar-refractivity contribution in [3.05, 3.63) is 59.2 Å². The minimum Gasteiger partial charge on any atom is -0.462 e. The number of aromatic amines is 2. The van der Waals surface area contributed by atoms with Crippen LogP contribution in [0.15, 0.2) is 36.4 Å². The number of aromatic nitrogens is 4. The molecule has 41 heavy (non-hydrogen) atoms. The first kappa shape index (κ1) is 34.1. The number of H-pyrrole nitrogens is 2. The monoisotopic (exact) mass is 640 g/mol. The zero-order chi connectivity index (χ0) is 27.8. The van der Waals surface area contributed by atoms with E-state index < -0.39 is 11.9 Å². The van der Waals surface area contributed by atoms with Crippen molar-refractivity contribution in [2.24, 2.45) is 0 Å². The lowest BCUT2D eigenvalue weighted by Gasteiger charge is -2.01. The van der Waals surface area contributed by atoms with Crippen LogP contribution < -0.4 is 0 Å². The Balaban J connectivity index is 0.00000294. The summed E-state index contributed by atoms with van der Waals surface area (Å²) < 4.78 is 10.0. The summed E-state index contributed by atoms with van der Waals surface area (Å²) in [6, 6.07) is 9.89. The van der Waals surface area contributed by atoms with Crippen LogP contribution in [0.25, 0.3) is 22.1 Å². The number of benzene rings is 2. The van der Waals surface area contributed by atoms with Gasteiger partial charge in [0.15, 0.2) is 11.6 Å². The van der Waals surface area contributed by atoms with Crippen LogP contribution in [0.1, 0.15) is 75.1 Å². The number of halogens is 2. The van der Waals surface area contributed by atoms with E-state index >= 15 is 0 Å². The molecule has 0 aliphatic rings. The molecule has 0 radical (unpaired) electrons. The summed E-state index contributed by atoms with van der Waals surface area (Å²) in [5.41, 5.74) is 3.24. The average Bonchev–Trinajstić information content (AvgIpc) is 3.56. The average molecular weight is 642 g/mol. The number of nitrogens with one attached hydrogen (secondary N) is 2. The first-order chi connectivity index (χ1) is 18.9. The maximum Gasteiger partial charge on any atom is 0.338 e. The number of imidazole rings is 2. The fraction of sp³-hybridized carbons (Fsp3) is 0.333. The van der Waals surface area contributed by atoms with Gasteiger partial charge in [0.2, 0.25) is 0 Å². The van der Waals surface area contributed by atoms with Crippen LogP contribution in [0.2, 0.25) is 0 Å². The van der Waals surface area contributed by atoms with Gasteiger partial charge in [0.25, 0.3) is 10.2 Å². The Morgan fingerprint density at radius 1 is 0.683 bits per heavy atom. The van der Waals surface area contributed by atoms with Crippen molar-refractivity contribution < 1.29 is 28.7 Å². The Bertz CT molecular complexity index is 1410. The Morgan fingerprint density at radius 2 is 1.10 bits per heavy atom. The molecule has 0 fully saturated rings. The number of esters is 2. The number of carbonyl (C=O) groups is 4. The van der Waals surface area contributed by atoms with Gasteiger partial charge in [-0.05, 0) is 63.1 Å². The summed E-state index contributed by atoms with van der Waals surface area (Å²) in [5, 5.41) is -0.325. The molecule has 0 spiro atoms. The number of rotatable bonds is 12. The van der Waals surface area contributed by atoms with Crippen molar-refractivity contribution in [1.82, 2.24) is 19.9 Å². The van der Waals surface area contributed by atoms with Crippen LogP contribution in [0, 0.1) is 0 Å². The number of thioether (sulfide) groups is 2. The van der Waals surface area contributed by atoms with E-state index in [1.54, 1.807) is 50.2 Å². The Morgan fingerprint density at radius 3 is 1.49 bits per heavy atom. The third-order valence-electron chi connectivity index (χ3n) is 5.63. The zero-order valence-electron chi connectivity index (χ0n) is 22.4. The zero-order valence-corrected chi connectivity index (χ0v) is 25.7. The second-order valence-electron chi connectivity index (χ2n) is 8.41. The van der Waals surface area contributed by atoms with E-state index in [4.69, 9.17) is 9.47 Å². The van der Waals surface area contributed by atoms with Crippen LogP contribution in [0.4, 0.5) is 0 Å². The van der Waals surface area contributed by atoms with Crippen LogP contribution >= 0.6 is 48.3 Å². The third kappa shape index (κ3) is 8.96. The van der Waals surface area contributed by atoms with Gasteiger partial charge in [0.05, 0.1) is 46.4 Å². The number of unbranched alkanes of at least 4 members (excludes halogenated alkanes) is 2. The standard InChI is InChI=1S/C27H28N4O6S2.2ClH/c1-3-36-24(32)16-8-10-18-20(14-16)30-22(28-18)26(34)38-12-6-5-7-13-39-27(35)23-29-19-11-9-17(15-21(19)31-23)25(33)37-4-2;;/h8-11,14-15H,3-7,12-13H2,1-2H3,(H,28,30)(H,29,31);2*1H. The first-order valence-corrected chi connectivity index (χ1v) is 14.5. The Kier molecular flexibility index (Phi) is 13.7. The molecule has 0 saturated carbocycles. The molecule has 2 aromatic heterocycles. The molecule has 0 saturated heterocycles. The molecule has 0 aliphatic carbocycles. The number of carbonyl (C=O) groups excluding carboxylic acids is 4. The highest BCUT2D eigenvalue weighted by molar-refractivity contribution is 8.14. The Labute approximate surface area is 257 Å². The number of fused-ring (bicyclic) bond motifs is 2. The van der Waals surface area contributed by atoms with Crippen molar-refractivity contribution in [2.75, 3.05) is 24.7 Å². The maximum absolute atomic E-state index is 12.5. The van der Waals surface area contributed by atoms with Crippen molar-refractivity contribution in [3.63, 3.8) is 0 Å². The molecule has 0 atom stereocenters. The maximum atomic E-state index is 12.5. The number of hydrogen-bond acceptors (Lipinski definition) is 10. The summed E-state index contributed by atoms with van der Waals surface area (Å²) >= 11 is 2.37. The lowest BCUT2D eigenvalue weighted by atomic mass is 10.2. The van der Waals surface area contributed by atoms with Crippen LogP contribution in [0.3, 0.4) is 0 Å². The molecule has 10 nitrogen and oxygen atoms in total. The van der Waals surface area contributed by atoms with E-state index in [9.17, 15) is 19.2 Å². The largest absolute Gasteiger partial charge is 0.462 e. The first-order valence-electron chi connectivity index (χ1n) is 12.6. The van der Waals surface area contributed by atoms with E-state index in [1.807, 2.05) is 0 Å². The van der Waals surface area contributed by atoms with Crippen LogP contribution in [-0.2, 0) is 9.47 Å². The van der Waals surface area contributed by atoms with E-state index in [2.05, 4.69) is 19.9 Å². The van der Waals surface area contributed by atoms with Gasteiger partial charge in [-0.3, -0.25) is 9.59 Å². The van der Waals surface area contributed by atoms with Crippen molar-refractivity contribution in [1.29, 1.82) is 0 Å². The van der Waals surface area contributed by atoms with Crippen molar-refractivity contribution in [3.8, 4) is 0 Å². The van der Waals surface area contributed by atoms with E-state index in [0.717, 1.165) is 19.3 Å². The highest BCUT2D eigenvalue weighted by Crippen LogP contribution is 2.21. The second-order valence-corrected chi connectivity index (χ2v) is 10.5. The minimum atomic E-state index is -0.418. The van der Waals surface area contributed by atoms with Crippen LogP contribution in [0.5, 0.6) is 0 Å². The third-order valence-corrected chi connectivity index (χ3v) is 7.52. The lowest BCUT2D eigenvalue weighted by molar-refractivity contribution is 0.0517. The smallest absolute Gasteiger partial charge is 0.338 e. The van der Waals surface area contributed by atoms with Gasteiger partial charge in [-0.2, -0.15) is 0 Å². The molecular formula is C27H30Cl2N4O6S2. The SMILES string of the molecule is CCOC(=O)c1ccc2nc(C(=O)SCCCCCSC(=O)c3nc4ccc(C(=O)OCC)cc4[nH]3)[nH]c2c1.Cl.Cl. The molecule has 0 aliphatic heterocycles.